The van der Waals surface area contributed by atoms with Crippen LogP contribution in [-0.2, 0) is 11.2 Å². The minimum absolute atomic E-state index is 0.222. The zero-order valence-corrected chi connectivity index (χ0v) is 14.7. The number of carbonyl (C=O) groups is 1. The number of hydrogen-bond donors (Lipinski definition) is 1. The predicted octanol–water partition coefficient (Wildman–Crippen LogP) is 1.82. The number of primary amides is 1. The van der Waals surface area contributed by atoms with Crippen molar-refractivity contribution in [3.8, 4) is 0 Å². The third-order valence-corrected chi connectivity index (χ3v) is 4.68. The lowest BCUT2D eigenvalue weighted by Crippen LogP contribution is -2.41. The number of hydrogen-bond acceptors (Lipinski definition) is 7. The number of rotatable bonds is 8. The average Bonchev–Trinajstić information content (AvgIpc) is 2.61. The van der Waals surface area contributed by atoms with E-state index in [9.17, 15) is 25.0 Å². The molecule has 1 aromatic rings. The molecule has 2 N–H and O–H groups in total. The molecule has 0 radical (unpaired) electrons. The molecule has 0 aliphatic carbocycles. The molecule has 1 atom stereocenters. The Hall–Kier alpha value is -2.30. The first-order valence-corrected chi connectivity index (χ1v) is 8.46. The van der Waals surface area contributed by atoms with Crippen molar-refractivity contribution in [2.24, 2.45) is 5.73 Å². The molecule has 0 aromatic heterocycles. The summed E-state index contributed by atoms with van der Waals surface area (Å²) in [4.78, 5) is 34.2. The number of carbonyl (C=O) groups excluding carboxylic acids is 1. The molecule has 1 amide bonds. The van der Waals surface area contributed by atoms with Gasteiger partial charge in [0, 0.05) is 18.7 Å². The fraction of sp³-hybridized carbons (Fsp3) is 0.533. The third-order valence-electron chi connectivity index (χ3n) is 4.19. The van der Waals surface area contributed by atoms with Gasteiger partial charge >= 0.3 is 0 Å². The molecule has 142 valence electrons. The maximum Gasteiger partial charge on any atom is 0.289 e. The van der Waals surface area contributed by atoms with E-state index in [0.717, 1.165) is 25.2 Å². The minimum atomic E-state index is -1.00. The first kappa shape index (κ1) is 20.0. The smallest absolute Gasteiger partial charge is 0.289 e. The van der Waals surface area contributed by atoms with Crippen molar-refractivity contribution < 1.29 is 19.4 Å². The van der Waals surface area contributed by atoms with E-state index < -0.39 is 27.1 Å². The second kappa shape index (κ2) is 8.88. The van der Waals surface area contributed by atoms with Gasteiger partial charge in [-0.25, -0.2) is 0 Å². The first-order valence-electron chi connectivity index (χ1n) is 8.02. The van der Waals surface area contributed by atoms with Crippen LogP contribution in [0.4, 0.5) is 11.4 Å². The number of nitro groups is 2. The Labute approximate surface area is 154 Å². The maximum absolute atomic E-state index is 11.5. The topological polar surface area (TPSA) is 142 Å². The Morgan fingerprint density at radius 1 is 1.23 bits per heavy atom. The zero-order valence-electron chi connectivity index (χ0n) is 13.9. The van der Waals surface area contributed by atoms with E-state index in [0.29, 0.717) is 26.1 Å². The molecular weight excluding hydrogens is 368 g/mol. The van der Waals surface area contributed by atoms with Gasteiger partial charge in [-0.3, -0.25) is 29.9 Å². The average molecular weight is 387 g/mol. The Kier molecular flexibility index (Phi) is 6.83. The largest absolute Gasteiger partial charge is 0.379 e. The molecule has 1 fully saturated rings. The van der Waals surface area contributed by atoms with Crippen molar-refractivity contribution in [3.05, 3.63) is 43.5 Å². The van der Waals surface area contributed by atoms with Gasteiger partial charge in [0.2, 0.25) is 0 Å². The van der Waals surface area contributed by atoms with E-state index in [1.165, 1.54) is 0 Å². The molecule has 10 nitrogen and oxygen atoms in total. The van der Waals surface area contributed by atoms with Crippen LogP contribution in [0.1, 0.15) is 28.8 Å². The van der Waals surface area contributed by atoms with Gasteiger partial charge in [0.25, 0.3) is 17.3 Å². The number of nitro benzene ring substituents is 2. The van der Waals surface area contributed by atoms with Gasteiger partial charge in [-0.1, -0.05) is 0 Å². The number of ether oxygens (including phenoxy) is 1. The van der Waals surface area contributed by atoms with Gasteiger partial charge < -0.3 is 10.5 Å². The first-order chi connectivity index (χ1) is 12.3. The lowest BCUT2D eigenvalue weighted by atomic mass is 10.0. The van der Waals surface area contributed by atoms with Gasteiger partial charge in [-0.05, 0) is 25.3 Å². The quantitative estimate of drug-likeness (QED) is 0.310. The van der Waals surface area contributed by atoms with Crippen molar-refractivity contribution >= 4 is 28.9 Å². The van der Waals surface area contributed by atoms with E-state index in [1.54, 1.807) is 0 Å². The van der Waals surface area contributed by atoms with E-state index in [1.807, 2.05) is 0 Å². The second-order valence-corrected chi connectivity index (χ2v) is 6.36. The molecule has 1 heterocycles. The summed E-state index contributed by atoms with van der Waals surface area (Å²) < 4.78 is 5.26. The summed E-state index contributed by atoms with van der Waals surface area (Å²) in [5.74, 6) is -1.00. The van der Waals surface area contributed by atoms with E-state index >= 15 is 0 Å². The number of alkyl halides is 1. The molecule has 2 rings (SSSR count). The van der Waals surface area contributed by atoms with Crippen molar-refractivity contribution in [1.82, 2.24) is 4.90 Å². The van der Waals surface area contributed by atoms with Gasteiger partial charge in [-0.15, -0.1) is 11.6 Å². The number of benzene rings is 1. The number of aryl methyl sites for hydroxylation is 1. The van der Waals surface area contributed by atoms with E-state index in [-0.39, 0.29) is 23.0 Å². The SMILES string of the molecule is NC(=O)c1cc(CCCC(Cl)N2CCOCC2)c([N+](=O)[O-])cc1[N+](=O)[O-]. The summed E-state index contributed by atoms with van der Waals surface area (Å²) in [5.41, 5.74) is 3.75. The molecule has 1 aliphatic heterocycles. The Bertz CT molecular complexity index is 708. The molecule has 0 spiro atoms. The highest BCUT2D eigenvalue weighted by Gasteiger charge is 2.27. The number of nitrogens with zero attached hydrogens (tertiary/aromatic N) is 3. The van der Waals surface area contributed by atoms with Crippen LogP contribution < -0.4 is 5.73 Å². The molecule has 1 unspecified atom stereocenters. The predicted molar refractivity (Wildman–Crippen MR) is 93.2 cm³/mol. The molecule has 1 aliphatic rings. The standard InChI is InChI=1S/C15H19ClN4O6/c16-14(18-4-6-26-7-5-18)3-1-2-10-8-11(15(17)21)13(20(24)25)9-12(10)19(22)23/h8-9,14H,1-7H2,(H2,17,21). The van der Waals surface area contributed by atoms with Crippen LogP contribution in [-0.4, -0.2) is 52.5 Å². The Balaban J connectivity index is 2.14. The third kappa shape index (κ3) is 4.87. The molecular formula is C15H19ClN4O6. The van der Waals surface area contributed by atoms with Crippen molar-refractivity contribution in [2.45, 2.75) is 24.8 Å². The van der Waals surface area contributed by atoms with Crippen LogP contribution in [0.15, 0.2) is 12.1 Å². The summed E-state index contributed by atoms with van der Waals surface area (Å²) in [6.07, 6.45) is 1.34. The molecule has 0 saturated carbocycles. The number of amides is 1. The monoisotopic (exact) mass is 386 g/mol. The summed E-state index contributed by atoms with van der Waals surface area (Å²) in [7, 11) is 0. The van der Waals surface area contributed by atoms with Gasteiger partial charge in [0.15, 0.2) is 0 Å². The molecule has 0 bridgehead atoms. The summed E-state index contributed by atoms with van der Waals surface area (Å²) in [5, 5.41) is 22.3. The highest BCUT2D eigenvalue weighted by atomic mass is 35.5. The summed E-state index contributed by atoms with van der Waals surface area (Å²) in [6.45, 7) is 2.66. The van der Waals surface area contributed by atoms with Crippen molar-refractivity contribution in [2.75, 3.05) is 26.3 Å². The molecule has 1 aromatic carbocycles. The maximum atomic E-state index is 11.5. The van der Waals surface area contributed by atoms with Gasteiger partial charge in [-0.2, -0.15) is 0 Å². The van der Waals surface area contributed by atoms with Crippen molar-refractivity contribution in [1.29, 1.82) is 0 Å². The van der Waals surface area contributed by atoms with Crippen LogP contribution in [0.2, 0.25) is 0 Å². The van der Waals surface area contributed by atoms with Crippen LogP contribution in [0.25, 0.3) is 0 Å². The van der Waals surface area contributed by atoms with Gasteiger partial charge in [0.05, 0.1) is 34.6 Å². The lowest BCUT2D eigenvalue weighted by Gasteiger charge is -2.30. The van der Waals surface area contributed by atoms with Crippen molar-refractivity contribution in [3.63, 3.8) is 0 Å². The Morgan fingerprint density at radius 2 is 1.85 bits per heavy atom. The molecule has 26 heavy (non-hydrogen) atoms. The normalized spacial score (nSPS) is 16.2. The van der Waals surface area contributed by atoms with Gasteiger partial charge in [0.1, 0.15) is 5.56 Å². The summed E-state index contributed by atoms with van der Waals surface area (Å²) in [6, 6.07) is 1.92. The fourth-order valence-corrected chi connectivity index (χ4v) is 3.19. The number of halogens is 1. The fourth-order valence-electron chi connectivity index (χ4n) is 2.84. The van der Waals surface area contributed by atoms with Crippen LogP contribution in [0, 0.1) is 20.2 Å². The Morgan fingerprint density at radius 3 is 2.38 bits per heavy atom. The van der Waals surface area contributed by atoms with E-state index in [4.69, 9.17) is 22.1 Å². The number of morpholine rings is 1. The number of nitrogens with two attached hydrogens (primary N) is 1. The van der Waals surface area contributed by atoms with Crippen LogP contribution in [0.5, 0.6) is 0 Å². The zero-order chi connectivity index (χ0) is 19.3. The minimum Gasteiger partial charge on any atom is -0.379 e. The highest BCUT2D eigenvalue weighted by Crippen LogP contribution is 2.30. The van der Waals surface area contributed by atoms with Crippen LogP contribution >= 0.6 is 11.6 Å². The summed E-state index contributed by atoms with van der Waals surface area (Å²) >= 11 is 6.35. The highest BCUT2D eigenvalue weighted by molar-refractivity contribution is 6.20. The van der Waals surface area contributed by atoms with E-state index in [2.05, 4.69) is 4.90 Å². The second-order valence-electron chi connectivity index (χ2n) is 5.85. The van der Waals surface area contributed by atoms with Crippen LogP contribution in [0.3, 0.4) is 0 Å². The molecule has 1 saturated heterocycles. The molecule has 11 heteroatoms. The lowest BCUT2D eigenvalue weighted by molar-refractivity contribution is -0.394.